The van der Waals surface area contributed by atoms with Gasteiger partial charge in [0.15, 0.2) is 0 Å². The Bertz CT molecular complexity index is 652. The minimum atomic E-state index is -0.953. The molecule has 2 aromatic carbocycles. The van der Waals surface area contributed by atoms with Gasteiger partial charge < -0.3 is 5.11 Å². The summed E-state index contributed by atoms with van der Waals surface area (Å²) in [5, 5.41) is 9.74. The Kier molecular flexibility index (Phi) is 4.34. The van der Waals surface area contributed by atoms with Gasteiger partial charge in [0.2, 0.25) is 0 Å². The maximum atomic E-state index is 12.7. The largest absolute Gasteiger partial charge is 0.376 e. The Balaban J connectivity index is 2.04. The van der Waals surface area contributed by atoms with Crippen molar-refractivity contribution in [3.05, 3.63) is 71.5 Å². The van der Waals surface area contributed by atoms with Crippen LogP contribution in [0.2, 0.25) is 0 Å². The second-order valence-corrected chi connectivity index (χ2v) is 3.84. The molecule has 2 aromatic rings. The lowest BCUT2D eigenvalue weighted by Gasteiger charge is -2.01. The normalized spacial score (nSPS) is 10.6. The summed E-state index contributed by atoms with van der Waals surface area (Å²) < 4.78 is 12.7. The van der Waals surface area contributed by atoms with Gasteiger partial charge in [-0.15, -0.1) is 0 Å². The number of aliphatic hydroxyl groups is 1. The van der Waals surface area contributed by atoms with Crippen molar-refractivity contribution >= 4 is 0 Å². The average Bonchev–Trinajstić information content (AvgIpc) is 2.45. The Morgan fingerprint density at radius 3 is 2.26 bits per heavy atom. The van der Waals surface area contributed by atoms with E-state index in [9.17, 15) is 9.50 Å². The van der Waals surface area contributed by atoms with E-state index >= 15 is 0 Å². The summed E-state index contributed by atoms with van der Waals surface area (Å²) >= 11 is 0. The van der Waals surface area contributed by atoms with Gasteiger partial charge in [0.25, 0.3) is 0 Å². The van der Waals surface area contributed by atoms with E-state index in [1.807, 2.05) is 30.3 Å². The lowest BCUT2D eigenvalue weighted by molar-refractivity contribution is 0.238. The summed E-state index contributed by atoms with van der Waals surface area (Å²) in [7, 11) is 0. The predicted octanol–water partition coefficient (Wildman–Crippen LogP) is 2.91. The van der Waals surface area contributed by atoms with Crippen molar-refractivity contribution in [2.45, 2.75) is 6.10 Å². The Morgan fingerprint density at radius 1 is 0.895 bits per heavy atom. The van der Waals surface area contributed by atoms with Crippen molar-refractivity contribution in [1.29, 1.82) is 0 Å². The third-order valence-corrected chi connectivity index (χ3v) is 2.44. The fourth-order valence-corrected chi connectivity index (χ4v) is 1.46. The topological polar surface area (TPSA) is 20.2 Å². The molecule has 0 aliphatic carbocycles. The minimum Gasteiger partial charge on any atom is -0.376 e. The first kappa shape index (κ1) is 12.9. The molecule has 1 atom stereocenters. The highest BCUT2D eigenvalue weighted by Crippen LogP contribution is 2.11. The van der Waals surface area contributed by atoms with E-state index < -0.39 is 6.10 Å². The molecule has 0 aromatic heterocycles. The number of aliphatic hydroxyl groups excluding tert-OH is 1. The van der Waals surface area contributed by atoms with E-state index in [4.69, 9.17) is 0 Å². The molecular weight excluding hydrogens is 239 g/mol. The number of benzene rings is 2. The van der Waals surface area contributed by atoms with E-state index in [0.717, 1.165) is 5.56 Å². The molecular formula is C17H11FO. The zero-order valence-corrected chi connectivity index (χ0v) is 10.1. The van der Waals surface area contributed by atoms with E-state index in [-0.39, 0.29) is 5.82 Å². The van der Waals surface area contributed by atoms with Crippen molar-refractivity contribution < 1.29 is 9.50 Å². The van der Waals surface area contributed by atoms with Gasteiger partial charge in [0.05, 0.1) is 0 Å². The second-order valence-electron chi connectivity index (χ2n) is 3.84. The van der Waals surface area contributed by atoms with Crippen LogP contribution in [0.25, 0.3) is 0 Å². The smallest absolute Gasteiger partial charge is 0.141 e. The molecule has 0 radical (unpaired) electrons. The summed E-state index contributed by atoms with van der Waals surface area (Å²) in [4.78, 5) is 0. The van der Waals surface area contributed by atoms with Gasteiger partial charge in [-0.05, 0) is 41.7 Å². The number of hydrogen-bond acceptors (Lipinski definition) is 1. The van der Waals surface area contributed by atoms with Crippen LogP contribution in [-0.4, -0.2) is 5.11 Å². The van der Waals surface area contributed by atoms with Crippen LogP contribution in [0.1, 0.15) is 17.2 Å². The molecule has 0 heterocycles. The highest BCUT2D eigenvalue weighted by atomic mass is 19.1. The summed E-state index contributed by atoms with van der Waals surface area (Å²) in [5.74, 6) is 10.4. The first-order valence-electron chi connectivity index (χ1n) is 5.76. The maximum Gasteiger partial charge on any atom is 0.141 e. The van der Waals surface area contributed by atoms with Crippen LogP contribution < -0.4 is 0 Å². The van der Waals surface area contributed by atoms with Crippen LogP contribution in [0, 0.1) is 29.5 Å². The molecule has 0 bridgehead atoms. The predicted molar refractivity (Wildman–Crippen MR) is 72.5 cm³/mol. The van der Waals surface area contributed by atoms with E-state index in [2.05, 4.69) is 23.7 Å². The van der Waals surface area contributed by atoms with E-state index in [1.165, 1.54) is 24.3 Å². The molecule has 2 rings (SSSR count). The van der Waals surface area contributed by atoms with Gasteiger partial charge in [0.1, 0.15) is 11.9 Å². The molecule has 0 aliphatic rings. The van der Waals surface area contributed by atoms with Crippen molar-refractivity contribution in [3.63, 3.8) is 0 Å². The highest BCUT2D eigenvalue weighted by molar-refractivity contribution is 5.40. The molecule has 19 heavy (non-hydrogen) atoms. The Morgan fingerprint density at radius 2 is 1.58 bits per heavy atom. The highest BCUT2D eigenvalue weighted by Gasteiger charge is 2.02. The maximum absolute atomic E-state index is 12.7. The number of rotatable bonds is 1. The molecule has 0 saturated carbocycles. The van der Waals surface area contributed by atoms with E-state index in [0.29, 0.717) is 5.56 Å². The Hall–Kier alpha value is -2.55. The number of halogens is 1. The van der Waals surface area contributed by atoms with Gasteiger partial charge in [0, 0.05) is 5.56 Å². The van der Waals surface area contributed by atoms with Crippen LogP contribution >= 0.6 is 0 Å². The van der Waals surface area contributed by atoms with Crippen molar-refractivity contribution in [3.8, 4) is 23.7 Å². The zero-order chi connectivity index (χ0) is 13.5. The quantitative estimate of drug-likeness (QED) is 0.771. The van der Waals surface area contributed by atoms with Crippen molar-refractivity contribution in [2.24, 2.45) is 0 Å². The third-order valence-electron chi connectivity index (χ3n) is 2.44. The van der Waals surface area contributed by atoms with Gasteiger partial charge in [-0.1, -0.05) is 42.2 Å². The fourth-order valence-electron chi connectivity index (χ4n) is 1.46. The van der Waals surface area contributed by atoms with Gasteiger partial charge in [-0.2, -0.15) is 0 Å². The molecule has 0 spiro atoms. The first-order chi connectivity index (χ1) is 9.25. The van der Waals surface area contributed by atoms with E-state index in [1.54, 1.807) is 0 Å². The van der Waals surface area contributed by atoms with Gasteiger partial charge >= 0.3 is 0 Å². The Labute approximate surface area is 111 Å². The van der Waals surface area contributed by atoms with Crippen LogP contribution in [-0.2, 0) is 0 Å². The van der Waals surface area contributed by atoms with Gasteiger partial charge in [-0.3, -0.25) is 0 Å². The molecule has 0 amide bonds. The summed E-state index contributed by atoms with van der Waals surface area (Å²) in [5.41, 5.74) is 1.42. The standard InChI is InChI=1S/C17H11FO/c18-16-12-10-15(11-13-16)17(19)9-5-4-8-14-6-2-1-3-7-14/h1-3,6-7,10-13,17,19H. The summed E-state index contributed by atoms with van der Waals surface area (Å²) in [6, 6.07) is 15.0. The third kappa shape index (κ3) is 4.00. The SMILES string of the molecule is OC(C#CC#Cc1ccccc1)c1ccc(F)cc1. The van der Waals surface area contributed by atoms with Gasteiger partial charge in [-0.25, -0.2) is 4.39 Å². The van der Waals surface area contributed by atoms with Crippen molar-refractivity contribution in [1.82, 2.24) is 0 Å². The zero-order valence-electron chi connectivity index (χ0n) is 10.1. The molecule has 1 N–H and O–H groups in total. The van der Waals surface area contributed by atoms with Crippen LogP contribution in [0.4, 0.5) is 4.39 Å². The molecule has 2 heteroatoms. The fraction of sp³-hybridized carbons (Fsp3) is 0.0588. The molecule has 0 fully saturated rings. The van der Waals surface area contributed by atoms with Crippen LogP contribution in [0.15, 0.2) is 54.6 Å². The summed E-state index contributed by atoms with van der Waals surface area (Å²) in [6.07, 6.45) is -0.953. The average molecular weight is 250 g/mol. The first-order valence-corrected chi connectivity index (χ1v) is 5.76. The molecule has 1 nitrogen and oxygen atoms in total. The summed E-state index contributed by atoms with van der Waals surface area (Å²) in [6.45, 7) is 0. The number of hydrogen-bond donors (Lipinski definition) is 1. The molecule has 1 unspecified atom stereocenters. The van der Waals surface area contributed by atoms with Crippen LogP contribution in [0.3, 0.4) is 0 Å². The lowest BCUT2D eigenvalue weighted by Crippen LogP contribution is -1.93. The van der Waals surface area contributed by atoms with Crippen LogP contribution in [0.5, 0.6) is 0 Å². The minimum absolute atomic E-state index is 0.340. The molecule has 0 saturated heterocycles. The lowest BCUT2D eigenvalue weighted by atomic mass is 10.1. The monoisotopic (exact) mass is 250 g/mol. The second kappa shape index (κ2) is 6.40. The molecule has 92 valence electrons. The molecule has 0 aliphatic heterocycles. The van der Waals surface area contributed by atoms with Crippen molar-refractivity contribution in [2.75, 3.05) is 0 Å².